The van der Waals surface area contributed by atoms with Crippen molar-refractivity contribution in [2.45, 2.75) is 32.4 Å². The lowest BCUT2D eigenvalue weighted by molar-refractivity contribution is -0.134. The summed E-state index contributed by atoms with van der Waals surface area (Å²) in [5.74, 6) is 0.0141. The second kappa shape index (κ2) is 6.92. The molecule has 1 saturated heterocycles. The molecule has 104 valence electrons. The number of carbonyl (C=O) groups is 1. The maximum absolute atomic E-state index is 12.0. The van der Waals surface area contributed by atoms with Gasteiger partial charge < -0.3 is 9.64 Å². The van der Waals surface area contributed by atoms with Crippen molar-refractivity contribution < 1.29 is 9.53 Å². The molecule has 2 rings (SSSR count). The predicted octanol–water partition coefficient (Wildman–Crippen LogP) is 2.74. The molecule has 1 fully saturated rings. The number of carbonyl (C=O) groups excluding carboxylic acids is 1. The molecule has 0 aromatic heterocycles. The first-order chi connectivity index (χ1) is 9.20. The van der Waals surface area contributed by atoms with E-state index >= 15 is 0 Å². The van der Waals surface area contributed by atoms with Crippen LogP contribution in [0.4, 0.5) is 0 Å². The van der Waals surface area contributed by atoms with Crippen molar-refractivity contribution in [1.29, 1.82) is 0 Å². The fourth-order valence-electron chi connectivity index (χ4n) is 2.36. The Balaban J connectivity index is 2.08. The molecule has 4 heteroatoms. The maximum Gasteiger partial charge on any atom is 0.238 e. The van der Waals surface area contributed by atoms with Crippen molar-refractivity contribution in [3.63, 3.8) is 0 Å². The Morgan fingerprint density at radius 1 is 1.42 bits per heavy atom. The van der Waals surface area contributed by atoms with Crippen LogP contribution in [0.1, 0.15) is 24.0 Å². The molecule has 0 radical (unpaired) electrons. The van der Waals surface area contributed by atoms with Crippen molar-refractivity contribution in [1.82, 2.24) is 4.90 Å². The summed E-state index contributed by atoms with van der Waals surface area (Å²) in [6.45, 7) is 4.08. The van der Waals surface area contributed by atoms with Crippen molar-refractivity contribution >= 4 is 17.5 Å². The van der Waals surface area contributed by atoms with Crippen LogP contribution in [-0.2, 0) is 16.1 Å². The lowest BCUT2D eigenvalue weighted by Crippen LogP contribution is -2.45. The van der Waals surface area contributed by atoms with Gasteiger partial charge in [0.15, 0.2) is 0 Å². The van der Waals surface area contributed by atoms with Crippen LogP contribution in [0.3, 0.4) is 0 Å². The summed E-state index contributed by atoms with van der Waals surface area (Å²) in [6.07, 6.45) is 2.00. The molecule has 0 N–H and O–H groups in total. The zero-order valence-corrected chi connectivity index (χ0v) is 12.0. The van der Waals surface area contributed by atoms with Crippen LogP contribution in [-0.4, -0.2) is 35.9 Å². The molecule has 0 saturated carbocycles. The monoisotopic (exact) mass is 281 g/mol. The fourth-order valence-corrected chi connectivity index (χ4v) is 2.51. The molecule has 0 aliphatic carbocycles. The second-order valence-corrected chi connectivity index (χ2v) is 5.28. The van der Waals surface area contributed by atoms with E-state index in [9.17, 15) is 4.79 Å². The Kier molecular flexibility index (Phi) is 5.23. The lowest BCUT2D eigenvalue weighted by Gasteiger charge is -2.34. The SMILES string of the molecule is Cc1ccc(CN(C(=O)CCl)[C@@H]2CCCOC2)cc1. The third-order valence-corrected chi connectivity index (χ3v) is 3.71. The highest BCUT2D eigenvalue weighted by atomic mass is 35.5. The Bertz CT molecular complexity index is 413. The number of ether oxygens (including phenoxy) is 1. The van der Waals surface area contributed by atoms with Gasteiger partial charge in [0.2, 0.25) is 5.91 Å². The number of amides is 1. The standard InChI is InChI=1S/C15H20ClNO2/c1-12-4-6-13(7-5-12)10-17(15(18)9-16)14-3-2-8-19-11-14/h4-7,14H,2-3,8-11H2,1H3/t14-/m1/s1. The van der Waals surface area contributed by atoms with E-state index in [-0.39, 0.29) is 17.8 Å². The van der Waals surface area contributed by atoms with E-state index in [4.69, 9.17) is 16.3 Å². The van der Waals surface area contributed by atoms with Gasteiger partial charge in [-0.2, -0.15) is 0 Å². The third-order valence-electron chi connectivity index (χ3n) is 3.49. The summed E-state index contributed by atoms with van der Waals surface area (Å²) in [5.41, 5.74) is 2.36. The molecule has 1 aromatic carbocycles. The van der Waals surface area contributed by atoms with Gasteiger partial charge in [-0.05, 0) is 25.3 Å². The molecule has 1 atom stereocenters. The first-order valence-corrected chi connectivity index (χ1v) is 7.23. The van der Waals surface area contributed by atoms with Gasteiger partial charge in [0.25, 0.3) is 0 Å². The molecular weight excluding hydrogens is 262 g/mol. The maximum atomic E-state index is 12.0. The van der Waals surface area contributed by atoms with Gasteiger partial charge in [-0.25, -0.2) is 0 Å². The third kappa shape index (κ3) is 3.95. The van der Waals surface area contributed by atoms with Crippen LogP contribution >= 0.6 is 11.6 Å². The van der Waals surface area contributed by atoms with Crippen molar-refractivity contribution in [3.8, 4) is 0 Å². The van der Waals surface area contributed by atoms with Gasteiger partial charge in [0.1, 0.15) is 5.88 Å². The number of alkyl halides is 1. The van der Waals surface area contributed by atoms with E-state index in [1.54, 1.807) is 0 Å². The summed E-state index contributed by atoms with van der Waals surface area (Å²) in [7, 11) is 0. The molecule has 3 nitrogen and oxygen atoms in total. The number of halogens is 1. The smallest absolute Gasteiger partial charge is 0.238 e. The molecular formula is C15H20ClNO2. The van der Waals surface area contributed by atoms with E-state index in [0.29, 0.717) is 13.2 Å². The summed E-state index contributed by atoms with van der Waals surface area (Å²) >= 11 is 5.73. The minimum absolute atomic E-state index is 0.0160. The molecule has 1 amide bonds. The Morgan fingerprint density at radius 2 is 2.16 bits per heavy atom. The van der Waals surface area contributed by atoms with E-state index in [2.05, 4.69) is 31.2 Å². The average molecular weight is 282 g/mol. The zero-order valence-electron chi connectivity index (χ0n) is 11.3. The predicted molar refractivity (Wildman–Crippen MR) is 76.3 cm³/mol. The minimum atomic E-state index is -0.0160. The van der Waals surface area contributed by atoms with Crippen LogP contribution in [0, 0.1) is 6.92 Å². The normalized spacial score (nSPS) is 19.2. The Hall–Kier alpha value is -1.06. The van der Waals surface area contributed by atoms with Crippen molar-refractivity contribution in [2.24, 2.45) is 0 Å². The highest BCUT2D eigenvalue weighted by Crippen LogP contribution is 2.17. The van der Waals surface area contributed by atoms with Gasteiger partial charge in [0, 0.05) is 13.2 Å². The number of benzene rings is 1. The summed E-state index contributed by atoms with van der Waals surface area (Å²) in [6, 6.07) is 8.41. The Labute approximate surface area is 119 Å². The van der Waals surface area contributed by atoms with Crippen LogP contribution < -0.4 is 0 Å². The zero-order chi connectivity index (χ0) is 13.7. The van der Waals surface area contributed by atoms with E-state index in [1.807, 2.05) is 4.90 Å². The number of nitrogens with zero attached hydrogens (tertiary/aromatic N) is 1. The highest BCUT2D eigenvalue weighted by Gasteiger charge is 2.25. The quantitative estimate of drug-likeness (QED) is 0.794. The van der Waals surface area contributed by atoms with E-state index in [0.717, 1.165) is 25.0 Å². The molecule has 1 aromatic rings. The lowest BCUT2D eigenvalue weighted by atomic mass is 10.1. The Morgan fingerprint density at radius 3 is 2.74 bits per heavy atom. The molecule has 0 bridgehead atoms. The number of rotatable bonds is 4. The van der Waals surface area contributed by atoms with Gasteiger partial charge in [-0.15, -0.1) is 11.6 Å². The van der Waals surface area contributed by atoms with Gasteiger partial charge >= 0.3 is 0 Å². The molecule has 0 spiro atoms. The summed E-state index contributed by atoms with van der Waals surface area (Å²) in [5, 5.41) is 0. The first-order valence-electron chi connectivity index (χ1n) is 6.69. The van der Waals surface area contributed by atoms with Gasteiger partial charge in [-0.3, -0.25) is 4.79 Å². The fraction of sp³-hybridized carbons (Fsp3) is 0.533. The summed E-state index contributed by atoms with van der Waals surface area (Å²) in [4.78, 5) is 13.9. The summed E-state index contributed by atoms with van der Waals surface area (Å²) < 4.78 is 5.48. The highest BCUT2D eigenvalue weighted by molar-refractivity contribution is 6.27. The number of hydrogen-bond donors (Lipinski definition) is 0. The molecule has 0 unspecified atom stereocenters. The number of aryl methyl sites for hydroxylation is 1. The van der Waals surface area contributed by atoms with Crippen LogP contribution in [0.15, 0.2) is 24.3 Å². The van der Waals surface area contributed by atoms with Gasteiger partial charge in [0.05, 0.1) is 12.6 Å². The van der Waals surface area contributed by atoms with Crippen LogP contribution in [0.5, 0.6) is 0 Å². The second-order valence-electron chi connectivity index (χ2n) is 5.01. The molecule has 19 heavy (non-hydrogen) atoms. The molecule has 1 aliphatic rings. The topological polar surface area (TPSA) is 29.5 Å². The first kappa shape index (κ1) is 14.4. The van der Waals surface area contributed by atoms with Crippen molar-refractivity contribution in [3.05, 3.63) is 35.4 Å². The number of hydrogen-bond acceptors (Lipinski definition) is 2. The van der Waals surface area contributed by atoms with Crippen molar-refractivity contribution in [2.75, 3.05) is 19.1 Å². The van der Waals surface area contributed by atoms with E-state index < -0.39 is 0 Å². The van der Waals surface area contributed by atoms with E-state index in [1.165, 1.54) is 5.56 Å². The largest absolute Gasteiger partial charge is 0.379 e. The minimum Gasteiger partial charge on any atom is -0.379 e. The van der Waals surface area contributed by atoms with Gasteiger partial charge in [-0.1, -0.05) is 29.8 Å². The molecule has 1 aliphatic heterocycles. The average Bonchev–Trinajstić information content (AvgIpc) is 2.47. The van der Waals surface area contributed by atoms with Crippen LogP contribution in [0.25, 0.3) is 0 Å². The van der Waals surface area contributed by atoms with Crippen LogP contribution in [0.2, 0.25) is 0 Å². The molecule has 1 heterocycles.